The maximum atomic E-state index is 4.35. The summed E-state index contributed by atoms with van der Waals surface area (Å²) < 4.78 is 1.94. The Hall–Kier alpha value is -2.34. The highest BCUT2D eigenvalue weighted by Gasteiger charge is 2.14. The van der Waals surface area contributed by atoms with E-state index in [1.165, 1.54) is 43.6 Å². The highest BCUT2D eigenvalue weighted by Crippen LogP contribution is 2.15. The molecule has 2 aromatic rings. The average Bonchev–Trinajstić information content (AvgIpc) is 3.22. The normalized spacial score (nSPS) is 16.3. The Labute approximate surface area is 169 Å². The van der Waals surface area contributed by atoms with Gasteiger partial charge in [0.05, 0.1) is 6.54 Å². The van der Waals surface area contributed by atoms with E-state index in [1.54, 1.807) is 0 Å². The highest BCUT2D eigenvalue weighted by molar-refractivity contribution is 5.79. The standard InChI is InChI=1S/C22H34N6/c1-19-8-14-27(15-9-19)12-4-10-24-22(23-2)25-17-20-6-3-7-21(16-20)18-28-13-5-11-26-28/h3,5-7,11,13,16,19H,4,8-10,12,14-15,17-18H2,1-2H3,(H2,23,24,25). The Morgan fingerprint density at radius 1 is 1.18 bits per heavy atom. The van der Waals surface area contributed by atoms with E-state index in [-0.39, 0.29) is 0 Å². The summed E-state index contributed by atoms with van der Waals surface area (Å²) in [6, 6.07) is 10.6. The molecule has 6 heteroatoms. The summed E-state index contributed by atoms with van der Waals surface area (Å²) in [6.07, 6.45) is 7.63. The summed E-state index contributed by atoms with van der Waals surface area (Å²) >= 11 is 0. The van der Waals surface area contributed by atoms with Crippen LogP contribution in [0.1, 0.15) is 37.3 Å². The number of nitrogens with zero attached hydrogens (tertiary/aromatic N) is 4. The number of aliphatic imine (C=N–C) groups is 1. The van der Waals surface area contributed by atoms with Crippen LogP contribution >= 0.6 is 0 Å². The summed E-state index contributed by atoms with van der Waals surface area (Å²) in [5.41, 5.74) is 2.50. The van der Waals surface area contributed by atoms with Gasteiger partial charge in [0, 0.05) is 32.5 Å². The zero-order valence-corrected chi connectivity index (χ0v) is 17.3. The third-order valence-electron chi connectivity index (χ3n) is 5.40. The lowest BCUT2D eigenvalue weighted by Crippen LogP contribution is -2.39. The summed E-state index contributed by atoms with van der Waals surface area (Å²) in [5, 5.41) is 11.1. The van der Waals surface area contributed by atoms with Gasteiger partial charge >= 0.3 is 0 Å². The summed E-state index contributed by atoms with van der Waals surface area (Å²) in [7, 11) is 1.83. The van der Waals surface area contributed by atoms with Crippen LogP contribution in [0.5, 0.6) is 0 Å². The van der Waals surface area contributed by atoms with Crippen molar-refractivity contribution in [1.29, 1.82) is 0 Å². The van der Waals surface area contributed by atoms with Crippen molar-refractivity contribution in [3.05, 3.63) is 53.9 Å². The maximum Gasteiger partial charge on any atom is 0.191 e. The van der Waals surface area contributed by atoms with Gasteiger partial charge in [-0.1, -0.05) is 31.2 Å². The van der Waals surface area contributed by atoms with E-state index < -0.39 is 0 Å². The number of likely N-dealkylation sites (tertiary alicyclic amines) is 1. The topological polar surface area (TPSA) is 57.5 Å². The van der Waals surface area contributed by atoms with Gasteiger partial charge in [-0.25, -0.2) is 0 Å². The molecule has 152 valence electrons. The fraction of sp³-hybridized carbons (Fsp3) is 0.545. The number of benzene rings is 1. The van der Waals surface area contributed by atoms with Gasteiger partial charge < -0.3 is 15.5 Å². The average molecular weight is 383 g/mol. The Bertz CT molecular complexity index is 716. The van der Waals surface area contributed by atoms with Gasteiger partial charge in [-0.05, 0) is 62.0 Å². The van der Waals surface area contributed by atoms with Crippen molar-refractivity contribution >= 4 is 5.96 Å². The third-order valence-corrected chi connectivity index (χ3v) is 5.40. The molecule has 1 aromatic carbocycles. The second kappa shape index (κ2) is 10.9. The molecule has 2 N–H and O–H groups in total. The zero-order chi connectivity index (χ0) is 19.6. The Morgan fingerprint density at radius 2 is 2.00 bits per heavy atom. The lowest BCUT2D eigenvalue weighted by Gasteiger charge is -2.30. The molecule has 0 aliphatic carbocycles. The van der Waals surface area contributed by atoms with E-state index in [1.807, 2.05) is 30.2 Å². The quantitative estimate of drug-likeness (QED) is 0.419. The van der Waals surface area contributed by atoms with E-state index in [4.69, 9.17) is 0 Å². The Kier molecular flexibility index (Phi) is 7.91. The van der Waals surface area contributed by atoms with Crippen molar-refractivity contribution in [2.24, 2.45) is 10.9 Å². The Morgan fingerprint density at radius 3 is 2.75 bits per heavy atom. The van der Waals surface area contributed by atoms with Crippen LogP contribution in [0, 0.1) is 5.92 Å². The minimum absolute atomic E-state index is 0.761. The first kappa shape index (κ1) is 20.4. The molecule has 28 heavy (non-hydrogen) atoms. The maximum absolute atomic E-state index is 4.35. The van der Waals surface area contributed by atoms with Crippen LogP contribution in [-0.2, 0) is 13.1 Å². The van der Waals surface area contributed by atoms with Crippen LogP contribution in [0.2, 0.25) is 0 Å². The summed E-state index contributed by atoms with van der Waals surface area (Å²) in [5.74, 6) is 1.76. The van der Waals surface area contributed by atoms with Crippen LogP contribution < -0.4 is 10.6 Å². The van der Waals surface area contributed by atoms with E-state index in [9.17, 15) is 0 Å². The molecule has 0 spiro atoms. The molecule has 0 amide bonds. The first-order chi connectivity index (χ1) is 13.7. The van der Waals surface area contributed by atoms with Crippen molar-refractivity contribution in [1.82, 2.24) is 25.3 Å². The smallest absolute Gasteiger partial charge is 0.191 e. The number of rotatable bonds is 8. The van der Waals surface area contributed by atoms with Gasteiger partial charge in [-0.2, -0.15) is 5.10 Å². The van der Waals surface area contributed by atoms with Gasteiger partial charge in [-0.15, -0.1) is 0 Å². The minimum Gasteiger partial charge on any atom is -0.356 e. The molecule has 1 aromatic heterocycles. The predicted octanol–water partition coefficient (Wildman–Crippen LogP) is 2.72. The number of piperidine rings is 1. The predicted molar refractivity (Wildman–Crippen MR) is 115 cm³/mol. The van der Waals surface area contributed by atoms with Crippen LogP contribution in [-0.4, -0.2) is 53.9 Å². The lowest BCUT2D eigenvalue weighted by molar-refractivity contribution is 0.191. The van der Waals surface area contributed by atoms with Crippen LogP contribution in [0.4, 0.5) is 0 Å². The first-order valence-corrected chi connectivity index (χ1v) is 10.4. The van der Waals surface area contributed by atoms with Crippen molar-refractivity contribution in [2.75, 3.05) is 33.2 Å². The molecular weight excluding hydrogens is 348 g/mol. The van der Waals surface area contributed by atoms with E-state index >= 15 is 0 Å². The molecule has 0 saturated carbocycles. The Balaban J connectivity index is 1.37. The molecule has 6 nitrogen and oxygen atoms in total. The lowest BCUT2D eigenvalue weighted by atomic mass is 9.99. The monoisotopic (exact) mass is 382 g/mol. The fourth-order valence-electron chi connectivity index (χ4n) is 3.62. The molecule has 2 heterocycles. The first-order valence-electron chi connectivity index (χ1n) is 10.4. The van der Waals surface area contributed by atoms with Gasteiger partial charge in [0.2, 0.25) is 0 Å². The van der Waals surface area contributed by atoms with Gasteiger partial charge in [0.25, 0.3) is 0 Å². The molecule has 0 unspecified atom stereocenters. The molecule has 1 saturated heterocycles. The molecule has 0 atom stereocenters. The van der Waals surface area contributed by atoms with Gasteiger partial charge in [0.1, 0.15) is 0 Å². The SMILES string of the molecule is CN=C(NCCCN1CCC(C)CC1)NCc1cccc(Cn2cccn2)c1. The van der Waals surface area contributed by atoms with E-state index in [2.05, 4.69) is 56.8 Å². The second-order valence-electron chi connectivity index (χ2n) is 7.75. The number of hydrogen-bond donors (Lipinski definition) is 2. The van der Waals surface area contributed by atoms with Crippen LogP contribution in [0.3, 0.4) is 0 Å². The van der Waals surface area contributed by atoms with Crippen molar-refractivity contribution in [3.63, 3.8) is 0 Å². The largest absolute Gasteiger partial charge is 0.356 e. The molecule has 1 aliphatic rings. The van der Waals surface area contributed by atoms with Gasteiger partial charge in [0.15, 0.2) is 5.96 Å². The minimum atomic E-state index is 0.761. The zero-order valence-electron chi connectivity index (χ0n) is 17.3. The molecule has 1 fully saturated rings. The van der Waals surface area contributed by atoms with Gasteiger partial charge in [-0.3, -0.25) is 9.67 Å². The molecule has 3 rings (SSSR count). The highest BCUT2D eigenvalue weighted by atomic mass is 15.3. The molecular formula is C22H34N6. The van der Waals surface area contributed by atoms with Crippen molar-refractivity contribution in [3.8, 4) is 0 Å². The van der Waals surface area contributed by atoms with Crippen molar-refractivity contribution in [2.45, 2.75) is 39.3 Å². The second-order valence-corrected chi connectivity index (χ2v) is 7.75. The fourth-order valence-corrected chi connectivity index (χ4v) is 3.62. The van der Waals surface area contributed by atoms with E-state index in [0.29, 0.717) is 0 Å². The molecule has 1 aliphatic heterocycles. The number of hydrogen-bond acceptors (Lipinski definition) is 3. The number of aromatic nitrogens is 2. The van der Waals surface area contributed by atoms with Crippen molar-refractivity contribution < 1.29 is 0 Å². The summed E-state index contributed by atoms with van der Waals surface area (Å²) in [6.45, 7) is 8.55. The molecule has 0 radical (unpaired) electrons. The van der Waals surface area contributed by atoms with Crippen LogP contribution in [0.25, 0.3) is 0 Å². The van der Waals surface area contributed by atoms with E-state index in [0.717, 1.165) is 37.9 Å². The third kappa shape index (κ3) is 6.68. The molecule has 0 bridgehead atoms. The number of nitrogens with one attached hydrogen (secondary N) is 2. The number of guanidine groups is 1. The van der Waals surface area contributed by atoms with Crippen LogP contribution in [0.15, 0.2) is 47.7 Å². The summed E-state index contributed by atoms with van der Waals surface area (Å²) in [4.78, 5) is 6.93.